The predicted molar refractivity (Wildman–Crippen MR) is 102 cm³/mol. The molecule has 6 heteroatoms. The highest BCUT2D eigenvalue weighted by Crippen LogP contribution is 2.50. The summed E-state index contributed by atoms with van der Waals surface area (Å²) in [4.78, 5) is 0. The van der Waals surface area contributed by atoms with Gasteiger partial charge in [0, 0.05) is 35.9 Å². The van der Waals surface area contributed by atoms with Crippen molar-refractivity contribution in [3.63, 3.8) is 0 Å². The van der Waals surface area contributed by atoms with Gasteiger partial charge < -0.3 is 9.84 Å². The molecule has 138 valence electrons. The number of hydrogen-bond donors (Lipinski definition) is 1. The first-order valence-electron chi connectivity index (χ1n) is 9.06. The Bertz CT molecular complexity index is 973. The van der Waals surface area contributed by atoms with Gasteiger partial charge in [0.15, 0.2) is 0 Å². The fourth-order valence-corrected chi connectivity index (χ4v) is 4.40. The molecule has 1 aliphatic carbocycles. The second kappa shape index (κ2) is 5.99. The average molecular weight is 385 g/mol. The Balaban J connectivity index is 1.64. The van der Waals surface area contributed by atoms with Gasteiger partial charge >= 0.3 is 0 Å². The van der Waals surface area contributed by atoms with Crippen molar-refractivity contribution in [2.45, 2.75) is 37.5 Å². The SMILES string of the molecule is OC1=C[C@@]2(CCC1)Oc1ccc(Cl)cc1[C@H]1CC(c3ccc(F)cc3)=NN12. The second-order valence-corrected chi connectivity index (χ2v) is 7.67. The molecule has 2 aromatic carbocycles. The summed E-state index contributed by atoms with van der Waals surface area (Å²) in [6.07, 6.45) is 4.63. The minimum atomic E-state index is -0.810. The number of aliphatic hydroxyl groups excluding tert-OH is 1. The minimum Gasteiger partial charge on any atom is -0.512 e. The first-order valence-corrected chi connectivity index (χ1v) is 9.44. The van der Waals surface area contributed by atoms with Crippen LogP contribution in [0.1, 0.15) is 42.9 Å². The van der Waals surface area contributed by atoms with Crippen LogP contribution in [0.25, 0.3) is 0 Å². The van der Waals surface area contributed by atoms with Gasteiger partial charge in [0.05, 0.1) is 17.5 Å². The summed E-state index contributed by atoms with van der Waals surface area (Å²) in [5, 5.41) is 17.6. The van der Waals surface area contributed by atoms with Gasteiger partial charge in [-0.15, -0.1) is 0 Å². The van der Waals surface area contributed by atoms with E-state index in [1.165, 1.54) is 12.1 Å². The Hall–Kier alpha value is -2.53. The molecule has 0 fully saturated rings. The van der Waals surface area contributed by atoms with Gasteiger partial charge in [-0.1, -0.05) is 23.7 Å². The van der Waals surface area contributed by atoms with Crippen LogP contribution in [0.4, 0.5) is 4.39 Å². The first-order chi connectivity index (χ1) is 13.0. The predicted octanol–water partition coefficient (Wildman–Crippen LogP) is 5.34. The molecule has 3 aliphatic rings. The number of benzene rings is 2. The molecule has 1 N–H and O–H groups in total. The van der Waals surface area contributed by atoms with Crippen molar-refractivity contribution in [3.05, 3.63) is 76.3 Å². The number of allylic oxidation sites excluding steroid dienone is 1. The second-order valence-electron chi connectivity index (χ2n) is 7.24. The molecule has 1 spiro atoms. The van der Waals surface area contributed by atoms with Crippen LogP contribution in [-0.2, 0) is 0 Å². The maximum absolute atomic E-state index is 13.3. The van der Waals surface area contributed by atoms with Crippen molar-refractivity contribution in [2.75, 3.05) is 0 Å². The molecule has 2 aromatic rings. The summed E-state index contributed by atoms with van der Waals surface area (Å²) in [7, 11) is 0. The van der Waals surface area contributed by atoms with E-state index in [1.807, 2.05) is 23.2 Å². The number of rotatable bonds is 1. The third-order valence-electron chi connectivity index (χ3n) is 5.45. The van der Waals surface area contributed by atoms with E-state index in [0.717, 1.165) is 35.4 Å². The van der Waals surface area contributed by atoms with Crippen molar-refractivity contribution in [1.82, 2.24) is 5.01 Å². The number of ether oxygens (including phenoxy) is 1. The maximum atomic E-state index is 13.3. The molecule has 5 rings (SSSR count). The van der Waals surface area contributed by atoms with Crippen molar-refractivity contribution >= 4 is 17.3 Å². The van der Waals surface area contributed by atoms with E-state index < -0.39 is 5.72 Å². The zero-order valence-corrected chi connectivity index (χ0v) is 15.3. The largest absolute Gasteiger partial charge is 0.512 e. The maximum Gasteiger partial charge on any atom is 0.220 e. The number of fused-ring (bicyclic) bond motifs is 4. The lowest BCUT2D eigenvalue weighted by Gasteiger charge is -2.47. The molecule has 0 saturated heterocycles. The summed E-state index contributed by atoms with van der Waals surface area (Å²) in [5.74, 6) is 0.817. The Morgan fingerprint density at radius 1 is 1.22 bits per heavy atom. The molecule has 0 bridgehead atoms. The lowest BCUT2D eigenvalue weighted by molar-refractivity contribution is -0.0944. The van der Waals surface area contributed by atoms with E-state index >= 15 is 0 Å². The molecular weight excluding hydrogens is 367 g/mol. The summed E-state index contributed by atoms with van der Waals surface area (Å²) in [6, 6.07) is 11.9. The van der Waals surface area contributed by atoms with E-state index in [9.17, 15) is 9.50 Å². The molecule has 2 atom stereocenters. The number of hydrogen-bond acceptors (Lipinski definition) is 4. The van der Waals surface area contributed by atoms with E-state index in [1.54, 1.807) is 18.2 Å². The van der Waals surface area contributed by atoms with Gasteiger partial charge in [-0.05, 0) is 42.3 Å². The van der Waals surface area contributed by atoms with Crippen molar-refractivity contribution in [3.8, 4) is 5.75 Å². The Morgan fingerprint density at radius 2 is 2.04 bits per heavy atom. The standard InChI is InChI=1S/C21H18ClFN2O2/c22-14-5-8-20-17(10-14)19-11-18(13-3-6-15(23)7-4-13)24-25(19)21(27-20)9-1-2-16(26)12-21/h3-8,10,12,19,26H,1-2,9,11H2/t19-,21-/m1/s1. The van der Waals surface area contributed by atoms with Gasteiger partial charge in [-0.25, -0.2) is 9.40 Å². The van der Waals surface area contributed by atoms with Crippen molar-refractivity contribution < 1.29 is 14.2 Å². The van der Waals surface area contributed by atoms with Crippen LogP contribution in [0.5, 0.6) is 5.75 Å². The van der Waals surface area contributed by atoms with Crippen LogP contribution >= 0.6 is 11.6 Å². The number of aliphatic hydroxyl groups is 1. The topological polar surface area (TPSA) is 45.1 Å². The van der Waals surface area contributed by atoms with Crippen LogP contribution in [0.2, 0.25) is 5.02 Å². The van der Waals surface area contributed by atoms with Gasteiger partial charge in [0.2, 0.25) is 5.72 Å². The minimum absolute atomic E-state index is 0.0466. The fraction of sp³-hybridized carbons (Fsp3) is 0.286. The molecule has 0 radical (unpaired) electrons. The Morgan fingerprint density at radius 3 is 2.81 bits per heavy atom. The van der Waals surface area contributed by atoms with Gasteiger partial charge in [-0.3, -0.25) is 0 Å². The molecule has 0 aromatic heterocycles. The van der Waals surface area contributed by atoms with E-state index in [2.05, 4.69) is 0 Å². The Labute approximate surface area is 161 Å². The molecule has 2 heterocycles. The lowest BCUT2D eigenvalue weighted by atomic mass is 9.90. The average Bonchev–Trinajstić information content (AvgIpc) is 3.10. The third-order valence-corrected chi connectivity index (χ3v) is 5.69. The van der Waals surface area contributed by atoms with Crippen molar-refractivity contribution in [1.29, 1.82) is 0 Å². The van der Waals surface area contributed by atoms with E-state index in [-0.39, 0.29) is 11.9 Å². The quantitative estimate of drug-likeness (QED) is 0.721. The molecule has 2 aliphatic heterocycles. The smallest absolute Gasteiger partial charge is 0.220 e. The first kappa shape index (κ1) is 16.6. The van der Waals surface area contributed by atoms with Crippen LogP contribution in [-0.4, -0.2) is 21.6 Å². The number of nitrogens with zero attached hydrogens (tertiary/aromatic N) is 2. The van der Waals surface area contributed by atoms with E-state index in [4.69, 9.17) is 21.4 Å². The summed E-state index contributed by atoms with van der Waals surface area (Å²) in [5.41, 5.74) is 1.92. The van der Waals surface area contributed by atoms with Crippen molar-refractivity contribution in [2.24, 2.45) is 5.10 Å². The molecule has 0 unspecified atom stereocenters. The molecule has 4 nitrogen and oxygen atoms in total. The number of halogens is 2. The molecule has 27 heavy (non-hydrogen) atoms. The lowest BCUT2D eigenvalue weighted by Crippen LogP contribution is -2.53. The van der Waals surface area contributed by atoms with Crippen LogP contribution in [0.15, 0.2) is 59.4 Å². The highest BCUT2D eigenvalue weighted by atomic mass is 35.5. The highest BCUT2D eigenvalue weighted by Gasteiger charge is 2.50. The molecular formula is C21H18ClFN2O2. The zero-order chi connectivity index (χ0) is 18.6. The van der Waals surface area contributed by atoms with E-state index in [0.29, 0.717) is 23.6 Å². The summed E-state index contributed by atoms with van der Waals surface area (Å²) < 4.78 is 19.7. The third kappa shape index (κ3) is 2.69. The van der Waals surface area contributed by atoms with Crippen LogP contribution in [0, 0.1) is 5.82 Å². The highest BCUT2D eigenvalue weighted by molar-refractivity contribution is 6.30. The zero-order valence-electron chi connectivity index (χ0n) is 14.5. The fourth-order valence-electron chi connectivity index (χ4n) is 4.22. The van der Waals surface area contributed by atoms with Crippen LogP contribution < -0.4 is 4.74 Å². The normalized spacial score (nSPS) is 26.1. The van der Waals surface area contributed by atoms with Crippen LogP contribution in [0.3, 0.4) is 0 Å². The molecule has 0 amide bonds. The van der Waals surface area contributed by atoms with Gasteiger partial charge in [0.25, 0.3) is 0 Å². The summed E-state index contributed by atoms with van der Waals surface area (Å²) >= 11 is 6.23. The summed E-state index contributed by atoms with van der Waals surface area (Å²) in [6.45, 7) is 0. The Kier molecular flexibility index (Phi) is 3.69. The van der Waals surface area contributed by atoms with Gasteiger partial charge in [0.1, 0.15) is 11.6 Å². The molecule has 0 saturated carbocycles. The van der Waals surface area contributed by atoms with Gasteiger partial charge in [-0.2, -0.15) is 5.10 Å². The number of hydrazone groups is 1. The monoisotopic (exact) mass is 384 g/mol.